The van der Waals surface area contributed by atoms with Crippen molar-refractivity contribution in [2.75, 3.05) is 12.3 Å². The van der Waals surface area contributed by atoms with Crippen LogP contribution in [-0.4, -0.2) is 44.8 Å². The summed E-state index contributed by atoms with van der Waals surface area (Å²) in [7, 11) is 0. The SMILES string of the molecule is Nc1nc(=O)n([C@@H]2O[C@H](CO)[C@@H](O)[C@@H]2F)cc1F. The van der Waals surface area contributed by atoms with Gasteiger partial charge in [0.2, 0.25) is 0 Å². The van der Waals surface area contributed by atoms with Gasteiger partial charge in [0.1, 0.15) is 12.2 Å². The summed E-state index contributed by atoms with van der Waals surface area (Å²) in [5.74, 6) is -1.61. The standard InChI is InChI=1S/C9H11F2N3O4/c10-3-1-14(9(17)13-7(3)12)8-5(11)6(16)4(2-15)18-8/h1,4-6,8,15-16H,2H2,(H2,12,13,17)/t4-,5+,6-,8-/m1/s1. The number of hydrogen-bond donors (Lipinski definition) is 3. The minimum atomic E-state index is -1.98. The van der Waals surface area contributed by atoms with Crippen molar-refractivity contribution in [3.8, 4) is 0 Å². The Hall–Kier alpha value is -1.58. The molecule has 7 nitrogen and oxygen atoms in total. The van der Waals surface area contributed by atoms with Crippen molar-refractivity contribution in [1.29, 1.82) is 0 Å². The average Bonchev–Trinajstić information content (AvgIpc) is 2.61. The summed E-state index contributed by atoms with van der Waals surface area (Å²) in [6, 6.07) is 0. The van der Waals surface area contributed by atoms with Crippen LogP contribution < -0.4 is 11.4 Å². The molecule has 0 saturated carbocycles. The van der Waals surface area contributed by atoms with E-state index in [4.69, 9.17) is 15.6 Å². The Bertz CT molecular complexity index is 509. The van der Waals surface area contributed by atoms with Crippen LogP contribution in [0.5, 0.6) is 0 Å². The first-order valence-electron chi connectivity index (χ1n) is 5.08. The largest absolute Gasteiger partial charge is 0.394 e. The smallest absolute Gasteiger partial charge is 0.351 e. The highest BCUT2D eigenvalue weighted by atomic mass is 19.1. The van der Waals surface area contributed by atoms with Crippen molar-refractivity contribution >= 4 is 5.82 Å². The summed E-state index contributed by atoms with van der Waals surface area (Å²) in [6.45, 7) is -0.627. The molecule has 0 amide bonds. The van der Waals surface area contributed by atoms with Crippen molar-refractivity contribution in [3.05, 3.63) is 22.5 Å². The van der Waals surface area contributed by atoms with Crippen LogP contribution in [0, 0.1) is 5.82 Å². The minimum absolute atomic E-state index is 0.551. The Balaban J connectivity index is 2.39. The Morgan fingerprint density at radius 1 is 1.61 bits per heavy atom. The third kappa shape index (κ3) is 1.96. The van der Waals surface area contributed by atoms with Crippen molar-refractivity contribution in [1.82, 2.24) is 9.55 Å². The molecule has 0 aliphatic carbocycles. The molecule has 9 heteroatoms. The van der Waals surface area contributed by atoms with Crippen LogP contribution in [0.15, 0.2) is 11.0 Å². The fourth-order valence-corrected chi connectivity index (χ4v) is 1.72. The van der Waals surface area contributed by atoms with Gasteiger partial charge in [-0.05, 0) is 0 Å². The molecule has 4 N–H and O–H groups in total. The van der Waals surface area contributed by atoms with Gasteiger partial charge in [0.25, 0.3) is 0 Å². The second kappa shape index (κ2) is 4.59. The maximum atomic E-state index is 13.7. The zero-order chi connectivity index (χ0) is 13.4. The number of nitrogen functional groups attached to an aromatic ring is 1. The Labute approximate surface area is 99.4 Å². The zero-order valence-electron chi connectivity index (χ0n) is 9.03. The van der Waals surface area contributed by atoms with Gasteiger partial charge >= 0.3 is 5.69 Å². The minimum Gasteiger partial charge on any atom is -0.394 e. The molecule has 1 saturated heterocycles. The number of nitrogens with two attached hydrogens (primary N) is 1. The summed E-state index contributed by atoms with van der Waals surface area (Å²) in [4.78, 5) is 14.6. The lowest BCUT2D eigenvalue weighted by Gasteiger charge is -2.15. The molecule has 0 spiro atoms. The zero-order valence-corrected chi connectivity index (χ0v) is 9.03. The van der Waals surface area contributed by atoms with Gasteiger partial charge in [-0.1, -0.05) is 0 Å². The normalized spacial score (nSPS) is 31.8. The number of anilines is 1. The van der Waals surface area contributed by atoms with E-state index in [-0.39, 0.29) is 0 Å². The van der Waals surface area contributed by atoms with E-state index in [9.17, 15) is 18.7 Å². The number of halogens is 2. The second-order valence-electron chi connectivity index (χ2n) is 3.85. The molecule has 1 aliphatic heterocycles. The van der Waals surface area contributed by atoms with E-state index in [1.165, 1.54) is 0 Å². The van der Waals surface area contributed by atoms with Gasteiger partial charge in [-0.3, -0.25) is 4.57 Å². The van der Waals surface area contributed by atoms with Crippen LogP contribution in [0.25, 0.3) is 0 Å². The predicted molar refractivity (Wildman–Crippen MR) is 54.8 cm³/mol. The van der Waals surface area contributed by atoms with E-state index in [2.05, 4.69) is 4.98 Å². The van der Waals surface area contributed by atoms with E-state index >= 15 is 0 Å². The Morgan fingerprint density at radius 3 is 2.83 bits per heavy atom. The van der Waals surface area contributed by atoms with Crippen LogP contribution in [0.3, 0.4) is 0 Å². The number of aliphatic hydroxyl groups excluding tert-OH is 2. The van der Waals surface area contributed by atoms with Crippen molar-refractivity contribution in [2.24, 2.45) is 0 Å². The molecule has 4 atom stereocenters. The lowest BCUT2D eigenvalue weighted by atomic mass is 10.1. The van der Waals surface area contributed by atoms with Crippen LogP contribution in [0.1, 0.15) is 6.23 Å². The Kier molecular flexibility index (Phi) is 3.28. The van der Waals surface area contributed by atoms with Gasteiger partial charge in [-0.15, -0.1) is 0 Å². The van der Waals surface area contributed by atoms with Crippen molar-refractivity contribution in [3.63, 3.8) is 0 Å². The monoisotopic (exact) mass is 263 g/mol. The molecule has 0 bridgehead atoms. The van der Waals surface area contributed by atoms with Gasteiger partial charge in [0.05, 0.1) is 12.8 Å². The molecule has 2 rings (SSSR count). The molecule has 100 valence electrons. The summed E-state index contributed by atoms with van der Waals surface area (Å²) >= 11 is 0. The third-order valence-electron chi connectivity index (χ3n) is 2.68. The van der Waals surface area contributed by atoms with Crippen molar-refractivity contribution in [2.45, 2.75) is 24.6 Å². The quantitative estimate of drug-likeness (QED) is 0.602. The molecule has 1 fully saturated rings. The highest BCUT2D eigenvalue weighted by Crippen LogP contribution is 2.30. The highest BCUT2D eigenvalue weighted by Gasteiger charge is 2.45. The average molecular weight is 263 g/mol. The van der Waals surface area contributed by atoms with E-state index in [0.29, 0.717) is 10.8 Å². The number of hydrogen-bond acceptors (Lipinski definition) is 6. The number of aromatic nitrogens is 2. The highest BCUT2D eigenvalue weighted by molar-refractivity contribution is 5.26. The first kappa shape index (κ1) is 12.9. The number of nitrogens with zero attached hydrogens (tertiary/aromatic N) is 2. The molecule has 2 heterocycles. The lowest BCUT2D eigenvalue weighted by molar-refractivity contribution is -0.0494. The first-order valence-corrected chi connectivity index (χ1v) is 5.08. The number of ether oxygens (including phenoxy) is 1. The van der Waals surface area contributed by atoms with Crippen molar-refractivity contribution < 1.29 is 23.7 Å². The maximum Gasteiger partial charge on any atom is 0.351 e. The molecule has 1 aromatic rings. The summed E-state index contributed by atoms with van der Waals surface area (Å²) in [5.41, 5.74) is 4.07. The summed E-state index contributed by atoms with van der Waals surface area (Å²) in [6.07, 6.45) is -5.67. The molecule has 0 aromatic carbocycles. The number of alkyl halides is 1. The van der Waals surface area contributed by atoms with Gasteiger partial charge < -0.3 is 20.7 Å². The Morgan fingerprint density at radius 2 is 2.28 bits per heavy atom. The lowest BCUT2D eigenvalue weighted by Crippen LogP contribution is -2.34. The third-order valence-corrected chi connectivity index (χ3v) is 2.68. The van der Waals surface area contributed by atoms with Crippen LogP contribution in [0.2, 0.25) is 0 Å². The van der Waals surface area contributed by atoms with Crippen LogP contribution in [-0.2, 0) is 4.74 Å². The van der Waals surface area contributed by atoms with Crippen LogP contribution in [0.4, 0.5) is 14.6 Å². The summed E-state index contributed by atoms with van der Waals surface area (Å²) in [5, 5.41) is 18.2. The van der Waals surface area contributed by atoms with E-state index in [0.717, 1.165) is 0 Å². The molecular weight excluding hydrogens is 252 g/mol. The molecular formula is C9H11F2N3O4. The van der Waals surface area contributed by atoms with Gasteiger partial charge in [-0.25, -0.2) is 13.6 Å². The maximum absolute atomic E-state index is 13.7. The summed E-state index contributed by atoms with van der Waals surface area (Å²) < 4.78 is 32.4. The van der Waals surface area contributed by atoms with E-state index in [1.54, 1.807) is 0 Å². The topological polar surface area (TPSA) is 111 Å². The predicted octanol–water partition coefficient (Wildman–Crippen LogP) is -1.45. The molecule has 0 radical (unpaired) electrons. The fraction of sp³-hybridized carbons (Fsp3) is 0.556. The molecule has 1 aliphatic rings. The number of rotatable bonds is 2. The fourth-order valence-electron chi connectivity index (χ4n) is 1.72. The molecule has 1 aromatic heterocycles. The first-order chi connectivity index (χ1) is 8.45. The van der Waals surface area contributed by atoms with E-state index in [1.807, 2.05) is 0 Å². The number of aliphatic hydroxyl groups is 2. The van der Waals surface area contributed by atoms with Crippen LogP contribution >= 0.6 is 0 Å². The van der Waals surface area contributed by atoms with Gasteiger partial charge in [0.15, 0.2) is 24.0 Å². The molecule has 0 unspecified atom stereocenters. The molecule has 18 heavy (non-hydrogen) atoms. The van der Waals surface area contributed by atoms with E-state index < -0.39 is 48.5 Å². The van der Waals surface area contributed by atoms with Gasteiger partial charge in [-0.2, -0.15) is 4.98 Å². The van der Waals surface area contributed by atoms with Gasteiger partial charge in [0, 0.05) is 0 Å². The second-order valence-corrected chi connectivity index (χ2v) is 3.85.